The molecular formula is C32H40F3N3O. The lowest BCUT2D eigenvalue weighted by Crippen LogP contribution is -2.45. The molecule has 4 nitrogen and oxygen atoms in total. The second-order valence-corrected chi connectivity index (χ2v) is 10.6. The summed E-state index contributed by atoms with van der Waals surface area (Å²) in [5.41, 5.74) is 3.80. The third kappa shape index (κ3) is 8.65. The normalized spacial score (nSPS) is 21.3. The summed E-state index contributed by atoms with van der Waals surface area (Å²) < 4.78 is 44.8. The summed E-state index contributed by atoms with van der Waals surface area (Å²) in [7, 11) is 0. The highest BCUT2D eigenvalue weighted by Crippen LogP contribution is 2.30. The number of ether oxygens (including phenoxy) is 1. The van der Waals surface area contributed by atoms with Gasteiger partial charge < -0.3 is 15.0 Å². The van der Waals surface area contributed by atoms with E-state index in [9.17, 15) is 13.2 Å². The highest BCUT2D eigenvalue weighted by atomic mass is 19.4. The van der Waals surface area contributed by atoms with Crippen LogP contribution >= 0.6 is 0 Å². The quantitative estimate of drug-likeness (QED) is 0.263. The maximum absolute atomic E-state index is 12.8. The Bertz CT molecular complexity index is 1120. The molecule has 1 saturated heterocycles. The first kappa shape index (κ1) is 28.8. The van der Waals surface area contributed by atoms with Crippen LogP contribution in [0.2, 0.25) is 0 Å². The number of nitrogens with zero attached hydrogens (tertiary/aromatic N) is 2. The van der Waals surface area contributed by atoms with Gasteiger partial charge in [0.25, 0.3) is 0 Å². The molecule has 2 aromatic rings. The minimum Gasteiger partial charge on any atom is -0.491 e. The smallest absolute Gasteiger partial charge is 0.416 e. The number of hydrogen-bond acceptors (Lipinski definition) is 4. The van der Waals surface area contributed by atoms with Crippen molar-refractivity contribution in [3.63, 3.8) is 0 Å². The maximum Gasteiger partial charge on any atom is 0.416 e. The van der Waals surface area contributed by atoms with E-state index in [-0.39, 0.29) is 6.10 Å². The van der Waals surface area contributed by atoms with E-state index in [2.05, 4.69) is 59.0 Å². The van der Waals surface area contributed by atoms with Crippen molar-refractivity contribution in [2.75, 3.05) is 31.5 Å². The van der Waals surface area contributed by atoms with Crippen molar-refractivity contribution in [3.8, 4) is 0 Å². The number of rotatable bonds is 9. The second kappa shape index (κ2) is 13.2. The van der Waals surface area contributed by atoms with Gasteiger partial charge in [-0.15, -0.1) is 0 Å². The van der Waals surface area contributed by atoms with E-state index in [1.807, 2.05) is 19.1 Å². The first-order valence-electron chi connectivity index (χ1n) is 13.9. The molecule has 0 atom stereocenters. The third-order valence-electron chi connectivity index (χ3n) is 7.49. The summed E-state index contributed by atoms with van der Waals surface area (Å²) in [6, 6.07) is 14.5. The zero-order valence-corrected chi connectivity index (χ0v) is 23.0. The van der Waals surface area contributed by atoms with Gasteiger partial charge in [-0.05, 0) is 75.4 Å². The summed E-state index contributed by atoms with van der Waals surface area (Å²) >= 11 is 0. The molecule has 7 heteroatoms. The summed E-state index contributed by atoms with van der Waals surface area (Å²) in [4.78, 5) is 4.60. The van der Waals surface area contributed by atoms with Crippen LogP contribution in [0.15, 0.2) is 84.8 Å². The van der Waals surface area contributed by atoms with E-state index in [0.717, 1.165) is 75.3 Å². The number of anilines is 1. The van der Waals surface area contributed by atoms with Crippen LogP contribution in [-0.4, -0.2) is 48.1 Å². The summed E-state index contributed by atoms with van der Waals surface area (Å²) in [6.07, 6.45) is 6.15. The number of alkyl halides is 3. The Hall–Kier alpha value is -3.19. The Morgan fingerprint density at radius 1 is 0.974 bits per heavy atom. The van der Waals surface area contributed by atoms with Crippen LogP contribution in [0.5, 0.6) is 0 Å². The van der Waals surface area contributed by atoms with Crippen molar-refractivity contribution < 1.29 is 17.9 Å². The van der Waals surface area contributed by atoms with Crippen molar-refractivity contribution in [3.05, 3.63) is 101 Å². The van der Waals surface area contributed by atoms with Crippen molar-refractivity contribution in [2.24, 2.45) is 0 Å². The fourth-order valence-corrected chi connectivity index (χ4v) is 5.26. The number of halogens is 3. The highest BCUT2D eigenvalue weighted by molar-refractivity contribution is 5.45. The lowest BCUT2D eigenvalue weighted by atomic mass is 9.92. The molecule has 1 heterocycles. The van der Waals surface area contributed by atoms with E-state index in [0.29, 0.717) is 18.3 Å². The molecule has 0 spiro atoms. The molecule has 0 radical (unpaired) electrons. The Morgan fingerprint density at radius 3 is 2.21 bits per heavy atom. The first-order valence-corrected chi connectivity index (χ1v) is 13.9. The molecule has 2 aromatic carbocycles. The van der Waals surface area contributed by atoms with Gasteiger partial charge >= 0.3 is 6.18 Å². The van der Waals surface area contributed by atoms with Crippen LogP contribution in [0.3, 0.4) is 0 Å². The molecule has 4 rings (SSSR count). The minimum absolute atomic E-state index is 0.178. The standard InChI is InChI=1S/C32H40F3N3O/c1-4-5-30(38-20-18-37(19-21-38)23-26-8-10-27(11-9-26)32(33,34)35)22-25(3)39-31-16-14-29(15-17-31)36-28-12-6-24(2)7-13-28/h4-13,22,29,31,36H,3,14-21,23H2,1-2H3/b5-4-,30-22+/t29-,31-. The molecule has 1 aliphatic heterocycles. The van der Waals surface area contributed by atoms with Crippen molar-refractivity contribution >= 4 is 5.69 Å². The Morgan fingerprint density at radius 2 is 1.62 bits per heavy atom. The average molecular weight is 540 g/mol. The van der Waals surface area contributed by atoms with E-state index in [1.54, 1.807) is 12.1 Å². The molecule has 210 valence electrons. The van der Waals surface area contributed by atoms with Crippen LogP contribution in [0.1, 0.15) is 49.3 Å². The summed E-state index contributed by atoms with van der Waals surface area (Å²) in [6.45, 7) is 12.3. The van der Waals surface area contributed by atoms with E-state index in [1.165, 1.54) is 11.3 Å². The Labute approximate surface area is 230 Å². The van der Waals surface area contributed by atoms with Gasteiger partial charge in [0.2, 0.25) is 0 Å². The number of nitrogens with one attached hydrogen (secondary N) is 1. The second-order valence-electron chi connectivity index (χ2n) is 10.6. The van der Waals surface area contributed by atoms with Crippen LogP contribution < -0.4 is 5.32 Å². The van der Waals surface area contributed by atoms with Crippen LogP contribution in [0.4, 0.5) is 18.9 Å². The predicted molar refractivity (Wildman–Crippen MR) is 152 cm³/mol. The van der Waals surface area contributed by atoms with Gasteiger partial charge in [-0.2, -0.15) is 13.2 Å². The Balaban J connectivity index is 1.23. The molecule has 39 heavy (non-hydrogen) atoms. The van der Waals surface area contributed by atoms with Crippen LogP contribution in [0.25, 0.3) is 0 Å². The van der Waals surface area contributed by atoms with Crippen molar-refractivity contribution in [1.82, 2.24) is 9.80 Å². The largest absolute Gasteiger partial charge is 0.491 e. The molecule has 2 aliphatic rings. The zero-order valence-electron chi connectivity index (χ0n) is 23.0. The molecule has 1 aliphatic carbocycles. The number of benzene rings is 2. The third-order valence-corrected chi connectivity index (χ3v) is 7.49. The molecule has 0 aromatic heterocycles. The molecule has 0 unspecified atom stereocenters. The molecular weight excluding hydrogens is 499 g/mol. The summed E-state index contributed by atoms with van der Waals surface area (Å²) in [5.74, 6) is 0.685. The van der Waals surface area contributed by atoms with Gasteiger partial charge in [-0.25, -0.2) is 0 Å². The molecule has 1 saturated carbocycles. The minimum atomic E-state index is -4.30. The monoisotopic (exact) mass is 539 g/mol. The lowest BCUT2D eigenvalue weighted by molar-refractivity contribution is -0.137. The molecule has 1 N–H and O–H groups in total. The SMILES string of the molecule is C=C(/C=C(\C=C/C)N1CCN(Cc2ccc(C(F)(F)F)cc2)CC1)O[C@H]1CC[C@H](Nc2ccc(C)cc2)CC1. The first-order chi connectivity index (χ1) is 18.7. The number of piperazine rings is 1. The van der Waals surface area contributed by atoms with E-state index < -0.39 is 11.7 Å². The fourth-order valence-electron chi connectivity index (χ4n) is 5.26. The van der Waals surface area contributed by atoms with Crippen molar-refractivity contribution in [1.29, 1.82) is 0 Å². The van der Waals surface area contributed by atoms with Crippen molar-refractivity contribution in [2.45, 2.75) is 64.4 Å². The zero-order chi connectivity index (χ0) is 27.8. The maximum atomic E-state index is 12.8. The van der Waals surface area contributed by atoms with Gasteiger partial charge in [0, 0.05) is 56.2 Å². The van der Waals surface area contributed by atoms with Gasteiger partial charge in [-0.3, -0.25) is 4.90 Å². The highest BCUT2D eigenvalue weighted by Gasteiger charge is 2.30. The van der Waals surface area contributed by atoms with Gasteiger partial charge in [0.1, 0.15) is 5.76 Å². The lowest BCUT2D eigenvalue weighted by Gasteiger charge is -2.37. The number of aryl methyl sites for hydroxylation is 1. The predicted octanol–water partition coefficient (Wildman–Crippen LogP) is 7.55. The van der Waals surface area contributed by atoms with Gasteiger partial charge in [0.05, 0.1) is 11.7 Å². The van der Waals surface area contributed by atoms with Crippen LogP contribution in [-0.2, 0) is 17.5 Å². The van der Waals surface area contributed by atoms with E-state index in [4.69, 9.17) is 4.74 Å². The van der Waals surface area contributed by atoms with Gasteiger partial charge in [-0.1, -0.05) is 42.5 Å². The number of hydrogen-bond donors (Lipinski definition) is 1. The molecule has 2 fully saturated rings. The average Bonchev–Trinajstić information content (AvgIpc) is 2.91. The Kier molecular flexibility index (Phi) is 9.78. The van der Waals surface area contributed by atoms with E-state index >= 15 is 0 Å². The summed E-state index contributed by atoms with van der Waals surface area (Å²) in [5, 5.41) is 3.65. The molecule has 0 amide bonds. The van der Waals surface area contributed by atoms with Gasteiger partial charge in [0.15, 0.2) is 0 Å². The topological polar surface area (TPSA) is 27.7 Å². The van der Waals surface area contributed by atoms with Crippen LogP contribution in [0, 0.1) is 6.92 Å². The fraction of sp³-hybridized carbons (Fsp3) is 0.438. The number of allylic oxidation sites excluding steroid dienone is 3. The molecule has 0 bridgehead atoms.